The van der Waals surface area contributed by atoms with Crippen LogP contribution in [0.3, 0.4) is 0 Å². The SMILES string of the molecule is O=C(O)c1ccc(COCC(F)(F)F)cc1F. The molecule has 0 aromatic heterocycles. The van der Waals surface area contributed by atoms with Crippen LogP contribution < -0.4 is 0 Å². The summed E-state index contributed by atoms with van der Waals surface area (Å²) in [6, 6.07) is 3.01. The smallest absolute Gasteiger partial charge is 0.411 e. The van der Waals surface area contributed by atoms with E-state index in [1.54, 1.807) is 0 Å². The quantitative estimate of drug-likeness (QED) is 0.838. The first-order chi connectivity index (χ1) is 7.79. The molecule has 94 valence electrons. The van der Waals surface area contributed by atoms with Crippen molar-refractivity contribution in [3.05, 3.63) is 35.1 Å². The molecule has 1 rings (SSSR count). The van der Waals surface area contributed by atoms with Gasteiger partial charge in [0.15, 0.2) is 0 Å². The Hall–Kier alpha value is -1.63. The average Bonchev–Trinajstić information content (AvgIpc) is 2.15. The molecule has 0 fully saturated rings. The van der Waals surface area contributed by atoms with E-state index in [0.29, 0.717) is 0 Å². The van der Waals surface area contributed by atoms with Gasteiger partial charge in [0.2, 0.25) is 0 Å². The summed E-state index contributed by atoms with van der Waals surface area (Å²) in [5, 5.41) is 8.52. The zero-order valence-electron chi connectivity index (χ0n) is 8.42. The fourth-order valence-corrected chi connectivity index (χ4v) is 1.11. The van der Waals surface area contributed by atoms with Crippen molar-refractivity contribution in [1.82, 2.24) is 0 Å². The van der Waals surface area contributed by atoms with Crippen LogP contribution in [-0.2, 0) is 11.3 Å². The van der Waals surface area contributed by atoms with E-state index in [0.717, 1.165) is 12.1 Å². The normalized spacial score (nSPS) is 11.5. The van der Waals surface area contributed by atoms with Gasteiger partial charge in [0, 0.05) is 0 Å². The molecule has 3 nitrogen and oxygen atoms in total. The number of rotatable bonds is 4. The predicted molar refractivity (Wildman–Crippen MR) is 49.1 cm³/mol. The number of benzene rings is 1. The largest absolute Gasteiger partial charge is 0.478 e. The van der Waals surface area contributed by atoms with Crippen LogP contribution in [-0.4, -0.2) is 23.9 Å². The molecular formula is C10H8F4O3. The zero-order valence-corrected chi connectivity index (χ0v) is 8.42. The maximum Gasteiger partial charge on any atom is 0.411 e. The second kappa shape index (κ2) is 5.13. The molecule has 0 saturated carbocycles. The number of aromatic carboxylic acids is 1. The number of hydrogen-bond donors (Lipinski definition) is 1. The molecule has 0 aliphatic heterocycles. The van der Waals surface area contributed by atoms with Crippen LogP contribution in [0.4, 0.5) is 17.6 Å². The molecule has 0 spiro atoms. The van der Waals surface area contributed by atoms with Gasteiger partial charge in [0.1, 0.15) is 12.4 Å². The summed E-state index contributed by atoms with van der Waals surface area (Å²) in [5.41, 5.74) is -0.402. The van der Waals surface area contributed by atoms with Crippen LogP contribution in [0.5, 0.6) is 0 Å². The molecule has 7 heteroatoms. The third kappa shape index (κ3) is 4.39. The Morgan fingerprint density at radius 1 is 1.35 bits per heavy atom. The van der Waals surface area contributed by atoms with Crippen molar-refractivity contribution >= 4 is 5.97 Å². The number of ether oxygens (including phenoxy) is 1. The number of carboxylic acids is 1. The first kappa shape index (κ1) is 13.4. The van der Waals surface area contributed by atoms with E-state index in [9.17, 15) is 22.4 Å². The van der Waals surface area contributed by atoms with Crippen molar-refractivity contribution in [3.8, 4) is 0 Å². The van der Waals surface area contributed by atoms with Crippen LogP contribution in [0.15, 0.2) is 18.2 Å². The minimum Gasteiger partial charge on any atom is -0.478 e. The van der Waals surface area contributed by atoms with Gasteiger partial charge in [-0.05, 0) is 17.7 Å². The van der Waals surface area contributed by atoms with Crippen LogP contribution in [0.25, 0.3) is 0 Å². The summed E-state index contributed by atoms with van der Waals surface area (Å²) in [6.45, 7) is -1.87. The topological polar surface area (TPSA) is 46.5 Å². The van der Waals surface area contributed by atoms with Gasteiger partial charge in [-0.15, -0.1) is 0 Å². The van der Waals surface area contributed by atoms with Gasteiger partial charge in [0.05, 0.1) is 12.2 Å². The summed E-state index contributed by atoms with van der Waals surface area (Å²) in [4.78, 5) is 10.5. The molecule has 1 aromatic carbocycles. The summed E-state index contributed by atoms with van der Waals surface area (Å²) in [6.07, 6.45) is -4.44. The van der Waals surface area contributed by atoms with Crippen molar-refractivity contribution in [2.75, 3.05) is 6.61 Å². The van der Waals surface area contributed by atoms with Crippen molar-refractivity contribution in [2.24, 2.45) is 0 Å². The highest BCUT2D eigenvalue weighted by Gasteiger charge is 2.27. The van der Waals surface area contributed by atoms with E-state index in [1.165, 1.54) is 6.07 Å². The number of halogens is 4. The van der Waals surface area contributed by atoms with Gasteiger partial charge >= 0.3 is 12.1 Å². The van der Waals surface area contributed by atoms with Crippen LogP contribution in [0.1, 0.15) is 15.9 Å². The molecule has 0 heterocycles. The van der Waals surface area contributed by atoms with Gasteiger partial charge < -0.3 is 9.84 Å². The van der Waals surface area contributed by atoms with E-state index in [2.05, 4.69) is 4.74 Å². The molecule has 0 amide bonds. The molecule has 0 aliphatic rings. The van der Waals surface area contributed by atoms with Crippen molar-refractivity contribution < 1.29 is 32.2 Å². The van der Waals surface area contributed by atoms with Crippen LogP contribution >= 0.6 is 0 Å². The first-order valence-electron chi connectivity index (χ1n) is 4.46. The van der Waals surface area contributed by atoms with E-state index in [4.69, 9.17) is 5.11 Å². The Morgan fingerprint density at radius 2 is 2.00 bits per heavy atom. The van der Waals surface area contributed by atoms with Gasteiger partial charge in [-0.25, -0.2) is 9.18 Å². The van der Waals surface area contributed by atoms with Gasteiger partial charge in [-0.1, -0.05) is 6.07 Å². The minimum atomic E-state index is -4.44. The summed E-state index contributed by atoms with van der Waals surface area (Å²) in [5.74, 6) is -2.45. The van der Waals surface area contributed by atoms with E-state index >= 15 is 0 Å². The Labute approximate surface area is 93.6 Å². The molecule has 1 N–H and O–H groups in total. The summed E-state index contributed by atoms with van der Waals surface area (Å²) < 4.78 is 52.6. The third-order valence-corrected chi connectivity index (χ3v) is 1.80. The van der Waals surface area contributed by atoms with Gasteiger partial charge in [-0.2, -0.15) is 13.2 Å². The van der Waals surface area contributed by atoms with Crippen molar-refractivity contribution in [1.29, 1.82) is 0 Å². The molecule has 0 atom stereocenters. The number of hydrogen-bond acceptors (Lipinski definition) is 2. The second-order valence-electron chi connectivity index (χ2n) is 3.23. The number of carbonyl (C=O) groups is 1. The molecule has 1 aromatic rings. The monoisotopic (exact) mass is 252 g/mol. The third-order valence-electron chi connectivity index (χ3n) is 1.80. The van der Waals surface area contributed by atoms with E-state index in [1.807, 2.05) is 0 Å². The van der Waals surface area contributed by atoms with E-state index < -0.39 is 36.7 Å². The molecule has 0 radical (unpaired) electrons. The number of carboxylic acid groups (broad SMARTS) is 1. The fraction of sp³-hybridized carbons (Fsp3) is 0.300. The molecule has 0 saturated heterocycles. The highest BCUT2D eigenvalue weighted by atomic mass is 19.4. The van der Waals surface area contributed by atoms with Crippen LogP contribution in [0, 0.1) is 5.82 Å². The molecule has 0 aliphatic carbocycles. The van der Waals surface area contributed by atoms with Gasteiger partial charge in [0.25, 0.3) is 0 Å². The average molecular weight is 252 g/mol. The highest BCUT2D eigenvalue weighted by molar-refractivity contribution is 5.87. The molecule has 0 unspecified atom stereocenters. The highest BCUT2D eigenvalue weighted by Crippen LogP contribution is 2.16. The summed E-state index contributed by atoms with van der Waals surface area (Å²) >= 11 is 0. The minimum absolute atomic E-state index is 0.136. The lowest BCUT2D eigenvalue weighted by Gasteiger charge is -2.08. The van der Waals surface area contributed by atoms with E-state index in [-0.39, 0.29) is 5.56 Å². The number of alkyl halides is 3. The zero-order chi connectivity index (χ0) is 13.1. The lowest BCUT2D eigenvalue weighted by atomic mass is 10.1. The lowest BCUT2D eigenvalue weighted by Crippen LogP contribution is -2.16. The van der Waals surface area contributed by atoms with Crippen molar-refractivity contribution in [3.63, 3.8) is 0 Å². The fourth-order valence-electron chi connectivity index (χ4n) is 1.11. The van der Waals surface area contributed by atoms with Gasteiger partial charge in [-0.3, -0.25) is 0 Å². The molecular weight excluding hydrogens is 244 g/mol. The van der Waals surface area contributed by atoms with Crippen LogP contribution in [0.2, 0.25) is 0 Å². The standard InChI is InChI=1S/C10H8F4O3/c11-8-3-6(1-2-7(8)9(15)16)4-17-5-10(12,13)14/h1-3H,4-5H2,(H,15,16). The molecule has 17 heavy (non-hydrogen) atoms. The maximum absolute atomic E-state index is 13.1. The Morgan fingerprint density at radius 3 is 2.47 bits per heavy atom. The maximum atomic E-state index is 13.1. The Kier molecular flexibility index (Phi) is 4.06. The Bertz CT molecular complexity index is 415. The second-order valence-corrected chi connectivity index (χ2v) is 3.23. The van der Waals surface area contributed by atoms with Crippen molar-refractivity contribution in [2.45, 2.75) is 12.8 Å². The first-order valence-corrected chi connectivity index (χ1v) is 4.46. The predicted octanol–water partition coefficient (Wildman–Crippen LogP) is 2.60. The lowest BCUT2D eigenvalue weighted by molar-refractivity contribution is -0.176. The summed E-state index contributed by atoms with van der Waals surface area (Å²) in [7, 11) is 0. The molecule has 0 bridgehead atoms. The Balaban J connectivity index is 2.62.